The van der Waals surface area contributed by atoms with Crippen LogP contribution < -0.4 is 14.8 Å². The minimum absolute atomic E-state index is 0.365. The predicted molar refractivity (Wildman–Crippen MR) is 114 cm³/mol. The van der Waals surface area contributed by atoms with Gasteiger partial charge in [-0.15, -0.1) is 0 Å². The number of hydrogen-bond acceptors (Lipinski definition) is 4. The van der Waals surface area contributed by atoms with Crippen LogP contribution >= 0.6 is 23.2 Å². The largest absolute Gasteiger partial charge is 0.493 e. The molecule has 2 aromatic rings. The quantitative estimate of drug-likeness (QED) is 0.699. The van der Waals surface area contributed by atoms with Crippen LogP contribution in [0.4, 0.5) is 0 Å². The third-order valence-electron chi connectivity index (χ3n) is 5.85. The van der Waals surface area contributed by atoms with E-state index in [0.717, 1.165) is 23.8 Å². The summed E-state index contributed by atoms with van der Waals surface area (Å²) in [5.74, 6) is 2.26. The Balaban J connectivity index is 1.37. The molecule has 1 unspecified atom stereocenters. The third kappa shape index (κ3) is 4.57. The summed E-state index contributed by atoms with van der Waals surface area (Å²) >= 11 is 12.2. The molecule has 0 saturated carbocycles. The SMILES string of the molecule is COc1cc(CNC2CN3CCC2CC3)ccc1OCc1ccc(Cl)cc1Cl. The van der Waals surface area contributed by atoms with E-state index in [1.807, 2.05) is 24.3 Å². The van der Waals surface area contributed by atoms with Crippen LogP contribution in [0, 0.1) is 5.92 Å². The van der Waals surface area contributed by atoms with Crippen LogP contribution in [0.15, 0.2) is 36.4 Å². The molecule has 0 aliphatic carbocycles. The fourth-order valence-corrected chi connectivity index (χ4v) is 4.64. The van der Waals surface area contributed by atoms with Crippen molar-refractivity contribution in [2.24, 2.45) is 5.92 Å². The summed E-state index contributed by atoms with van der Waals surface area (Å²) in [6, 6.07) is 12.1. The van der Waals surface area contributed by atoms with Gasteiger partial charge in [0, 0.05) is 34.7 Å². The first-order valence-corrected chi connectivity index (χ1v) is 10.6. The van der Waals surface area contributed by atoms with Crippen molar-refractivity contribution in [3.05, 3.63) is 57.6 Å². The molecule has 1 N–H and O–H groups in total. The lowest BCUT2D eigenvalue weighted by atomic mass is 9.84. The highest BCUT2D eigenvalue weighted by atomic mass is 35.5. The summed E-state index contributed by atoms with van der Waals surface area (Å²) in [6.07, 6.45) is 2.64. The second kappa shape index (κ2) is 8.91. The van der Waals surface area contributed by atoms with E-state index in [1.54, 1.807) is 13.2 Å². The van der Waals surface area contributed by atoms with Gasteiger partial charge >= 0.3 is 0 Å². The van der Waals surface area contributed by atoms with E-state index >= 15 is 0 Å². The molecule has 0 aromatic heterocycles. The van der Waals surface area contributed by atoms with E-state index in [2.05, 4.69) is 16.3 Å². The van der Waals surface area contributed by atoms with Crippen LogP contribution in [0.3, 0.4) is 0 Å². The lowest BCUT2D eigenvalue weighted by Crippen LogP contribution is -2.55. The molecule has 2 aromatic carbocycles. The van der Waals surface area contributed by atoms with Gasteiger partial charge in [0.1, 0.15) is 6.61 Å². The average molecular weight is 421 g/mol. The monoisotopic (exact) mass is 420 g/mol. The van der Waals surface area contributed by atoms with Gasteiger partial charge in [0.05, 0.1) is 7.11 Å². The predicted octanol–water partition coefficient (Wildman–Crippen LogP) is 4.76. The van der Waals surface area contributed by atoms with Crippen molar-refractivity contribution in [3.63, 3.8) is 0 Å². The highest BCUT2D eigenvalue weighted by molar-refractivity contribution is 6.35. The Kier molecular flexibility index (Phi) is 6.32. The summed E-state index contributed by atoms with van der Waals surface area (Å²) < 4.78 is 11.5. The summed E-state index contributed by atoms with van der Waals surface area (Å²) in [4.78, 5) is 2.57. The van der Waals surface area contributed by atoms with Crippen molar-refractivity contribution in [1.82, 2.24) is 10.2 Å². The van der Waals surface area contributed by atoms with E-state index in [9.17, 15) is 0 Å². The number of ether oxygens (including phenoxy) is 2. The molecule has 3 aliphatic heterocycles. The van der Waals surface area contributed by atoms with Gasteiger partial charge in [-0.2, -0.15) is 0 Å². The molecular weight excluding hydrogens is 395 g/mol. The molecule has 3 heterocycles. The number of methoxy groups -OCH3 is 1. The van der Waals surface area contributed by atoms with Crippen LogP contribution in [0.25, 0.3) is 0 Å². The first-order valence-electron chi connectivity index (χ1n) is 9.82. The number of fused-ring (bicyclic) bond motifs is 3. The molecule has 3 aliphatic rings. The zero-order chi connectivity index (χ0) is 19.5. The number of benzene rings is 2. The van der Waals surface area contributed by atoms with Crippen molar-refractivity contribution in [3.8, 4) is 11.5 Å². The Labute approximate surface area is 176 Å². The first kappa shape index (κ1) is 19.8. The van der Waals surface area contributed by atoms with Gasteiger partial charge in [0.25, 0.3) is 0 Å². The van der Waals surface area contributed by atoms with Crippen molar-refractivity contribution in [2.75, 3.05) is 26.7 Å². The van der Waals surface area contributed by atoms with Crippen LogP contribution in [0.1, 0.15) is 24.0 Å². The molecule has 0 spiro atoms. The second-order valence-electron chi connectivity index (χ2n) is 7.64. The third-order valence-corrected chi connectivity index (χ3v) is 6.44. The molecule has 28 heavy (non-hydrogen) atoms. The van der Waals surface area contributed by atoms with Crippen LogP contribution in [-0.2, 0) is 13.2 Å². The van der Waals surface area contributed by atoms with Gasteiger partial charge < -0.3 is 19.7 Å². The topological polar surface area (TPSA) is 33.7 Å². The molecule has 0 amide bonds. The van der Waals surface area contributed by atoms with E-state index in [0.29, 0.717) is 28.4 Å². The summed E-state index contributed by atoms with van der Waals surface area (Å²) in [5, 5.41) is 4.96. The van der Waals surface area contributed by atoms with Crippen molar-refractivity contribution < 1.29 is 9.47 Å². The van der Waals surface area contributed by atoms with E-state index in [-0.39, 0.29) is 0 Å². The number of halogens is 2. The van der Waals surface area contributed by atoms with Gasteiger partial charge in [-0.05, 0) is 61.7 Å². The summed E-state index contributed by atoms with van der Waals surface area (Å²) in [6.45, 7) is 4.91. The van der Waals surface area contributed by atoms with Crippen molar-refractivity contribution in [1.29, 1.82) is 0 Å². The van der Waals surface area contributed by atoms with Crippen LogP contribution in [-0.4, -0.2) is 37.7 Å². The van der Waals surface area contributed by atoms with E-state index in [1.165, 1.54) is 38.0 Å². The molecule has 6 heteroatoms. The average Bonchev–Trinajstić information content (AvgIpc) is 2.73. The molecule has 3 fully saturated rings. The van der Waals surface area contributed by atoms with Crippen molar-refractivity contribution in [2.45, 2.75) is 32.0 Å². The minimum atomic E-state index is 0.365. The molecule has 4 nitrogen and oxygen atoms in total. The zero-order valence-corrected chi connectivity index (χ0v) is 17.6. The molecule has 2 bridgehead atoms. The Bertz CT molecular complexity index is 822. The smallest absolute Gasteiger partial charge is 0.161 e. The Morgan fingerprint density at radius 2 is 1.89 bits per heavy atom. The lowest BCUT2D eigenvalue weighted by Gasteiger charge is -2.45. The maximum absolute atomic E-state index is 6.23. The standard InChI is InChI=1S/C22H26Cl2N2O2/c1-27-22-10-15(12-25-20-13-26-8-6-16(20)7-9-26)2-5-21(22)28-14-17-3-4-18(23)11-19(17)24/h2-5,10-11,16,20,25H,6-9,12-14H2,1H3. The van der Waals surface area contributed by atoms with Crippen LogP contribution in [0.2, 0.25) is 10.0 Å². The molecule has 5 rings (SSSR count). The minimum Gasteiger partial charge on any atom is -0.493 e. The number of hydrogen-bond donors (Lipinski definition) is 1. The molecule has 3 saturated heterocycles. The Hall–Kier alpha value is -1.46. The fourth-order valence-electron chi connectivity index (χ4n) is 4.18. The number of rotatable bonds is 7. The first-order chi connectivity index (χ1) is 13.6. The Morgan fingerprint density at radius 3 is 2.57 bits per heavy atom. The highest BCUT2D eigenvalue weighted by Crippen LogP contribution is 2.31. The number of piperidine rings is 3. The zero-order valence-electron chi connectivity index (χ0n) is 16.1. The van der Waals surface area contributed by atoms with Crippen molar-refractivity contribution >= 4 is 23.2 Å². The molecule has 0 radical (unpaired) electrons. The summed E-state index contributed by atoms with van der Waals surface area (Å²) in [7, 11) is 1.67. The van der Waals surface area contributed by atoms with Gasteiger partial charge in [-0.25, -0.2) is 0 Å². The lowest BCUT2D eigenvalue weighted by molar-refractivity contribution is 0.0720. The van der Waals surface area contributed by atoms with Gasteiger partial charge in [-0.1, -0.05) is 35.3 Å². The van der Waals surface area contributed by atoms with Gasteiger partial charge in [0.15, 0.2) is 11.5 Å². The van der Waals surface area contributed by atoms with Crippen LogP contribution in [0.5, 0.6) is 11.5 Å². The van der Waals surface area contributed by atoms with Gasteiger partial charge in [0.2, 0.25) is 0 Å². The molecule has 150 valence electrons. The maximum Gasteiger partial charge on any atom is 0.161 e. The van der Waals surface area contributed by atoms with Gasteiger partial charge in [-0.3, -0.25) is 0 Å². The number of nitrogens with one attached hydrogen (secondary N) is 1. The second-order valence-corrected chi connectivity index (χ2v) is 8.48. The van der Waals surface area contributed by atoms with E-state index in [4.69, 9.17) is 32.7 Å². The normalized spacial score (nSPS) is 23.6. The number of nitrogens with zero attached hydrogens (tertiary/aromatic N) is 1. The molecular formula is C22H26Cl2N2O2. The highest BCUT2D eigenvalue weighted by Gasteiger charge is 2.33. The molecule has 1 atom stereocenters. The maximum atomic E-state index is 6.23. The van der Waals surface area contributed by atoms with E-state index < -0.39 is 0 Å². The Morgan fingerprint density at radius 1 is 1.07 bits per heavy atom. The fraction of sp³-hybridized carbons (Fsp3) is 0.455. The summed E-state index contributed by atoms with van der Waals surface area (Å²) in [5.41, 5.74) is 2.09.